The third-order valence-electron chi connectivity index (χ3n) is 5.16. The summed E-state index contributed by atoms with van der Waals surface area (Å²) in [5.41, 5.74) is 1.96. The Morgan fingerprint density at radius 1 is 1.33 bits per heavy atom. The van der Waals surface area contributed by atoms with Gasteiger partial charge in [0.2, 0.25) is 5.91 Å². The van der Waals surface area contributed by atoms with Gasteiger partial charge in [-0.3, -0.25) is 9.59 Å². The standard InChI is InChI=1S/C20H22N4O2S/c1-13-8-9-15-16(10-13)27-19-18(15)20(26)24(22-21-19)12-17(25)23(2)11-14-6-4-3-5-7-14/h3-7,13H,8-12H2,1-2H3/t13-/m0/s1. The summed E-state index contributed by atoms with van der Waals surface area (Å²) in [6.45, 7) is 2.64. The number of rotatable bonds is 4. The first kappa shape index (κ1) is 17.9. The van der Waals surface area contributed by atoms with Crippen LogP contribution < -0.4 is 5.56 Å². The number of hydrogen-bond donors (Lipinski definition) is 0. The number of thiophene rings is 1. The average Bonchev–Trinajstić information content (AvgIpc) is 3.02. The molecule has 0 saturated heterocycles. The lowest BCUT2D eigenvalue weighted by atomic mass is 9.89. The zero-order chi connectivity index (χ0) is 19.0. The highest BCUT2D eigenvalue weighted by Gasteiger charge is 2.24. The van der Waals surface area contributed by atoms with Crippen LogP contribution >= 0.6 is 11.3 Å². The van der Waals surface area contributed by atoms with Gasteiger partial charge in [-0.25, -0.2) is 4.68 Å². The van der Waals surface area contributed by atoms with Crippen LogP contribution in [0.1, 0.15) is 29.3 Å². The van der Waals surface area contributed by atoms with Crippen molar-refractivity contribution in [2.75, 3.05) is 7.05 Å². The van der Waals surface area contributed by atoms with Gasteiger partial charge in [0.1, 0.15) is 6.54 Å². The van der Waals surface area contributed by atoms with Crippen LogP contribution in [0.25, 0.3) is 10.2 Å². The molecule has 0 N–H and O–H groups in total. The predicted octanol–water partition coefficient (Wildman–Crippen LogP) is 2.64. The van der Waals surface area contributed by atoms with Crippen molar-refractivity contribution in [3.05, 3.63) is 56.7 Å². The average molecular weight is 382 g/mol. The van der Waals surface area contributed by atoms with E-state index in [-0.39, 0.29) is 18.0 Å². The van der Waals surface area contributed by atoms with E-state index in [4.69, 9.17) is 0 Å². The molecule has 0 radical (unpaired) electrons. The van der Waals surface area contributed by atoms with Gasteiger partial charge < -0.3 is 4.90 Å². The monoisotopic (exact) mass is 382 g/mol. The van der Waals surface area contributed by atoms with Crippen LogP contribution in [-0.2, 0) is 30.7 Å². The molecule has 2 aromatic heterocycles. The number of hydrogen-bond acceptors (Lipinski definition) is 5. The topological polar surface area (TPSA) is 68.1 Å². The number of aryl methyl sites for hydroxylation is 1. The molecule has 7 heteroatoms. The summed E-state index contributed by atoms with van der Waals surface area (Å²) in [4.78, 5) is 29.1. The summed E-state index contributed by atoms with van der Waals surface area (Å²) in [7, 11) is 1.74. The molecule has 3 aromatic rings. The van der Waals surface area contributed by atoms with E-state index in [0.29, 0.717) is 22.7 Å². The third-order valence-corrected chi connectivity index (χ3v) is 6.30. The van der Waals surface area contributed by atoms with Crippen LogP contribution in [0, 0.1) is 5.92 Å². The van der Waals surface area contributed by atoms with E-state index in [9.17, 15) is 9.59 Å². The van der Waals surface area contributed by atoms with E-state index in [0.717, 1.165) is 30.4 Å². The van der Waals surface area contributed by atoms with Gasteiger partial charge >= 0.3 is 0 Å². The molecular weight excluding hydrogens is 360 g/mol. The van der Waals surface area contributed by atoms with Gasteiger partial charge in [-0.1, -0.05) is 42.5 Å². The van der Waals surface area contributed by atoms with Crippen molar-refractivity contribution >= 4 is 27.5 Å². The molecule has 0 spiro atoms. The first-order valence-electron chi connectivity index (χ1n) is 9.19. The summed E-state index contributed by atoms with van der Waals surface area (Å²) in [6, 6.07) is 9.77. The highest BCUT2D eigenvalue weighted by atomic mass is 32.1. The van der Waals surface area contributed by atoms with E-state index in [1.165, 1.54) is 9.56 Å². The van der Waals surface area contributed by atoms with Crippen molar-refractivity contribution in [2.24, 2.45) is 5.92 Å². The predicted molar refractivity (Wildman–Crippen MR) is 106 cm³/mol. The van der Waals surface area contributed by atoms with Crippen molar-refractivity contribution in [3.63, 3.8) is 0 Å². The molecule has 1 amide bonds. The molecule has 0 fully saturated rings. The van der Waals surface area contributed by atoms with Crippen molar-refractivity contribution in [1.29, 1.82) is 0 Å². The largest absolute Gasteiger partial charge is 0.340 e. The van der Waals surface area contributed by atoms with Crippen molar-refractivity contribution in [1.82, 2.24) is 19.9 Å². The number of amides is 1. The quantitative estimate of drug-likeness (QED) is 0.696. The van der Waals surface area contributed by atoms with Crippen molar-refractivity contribution in [3.8, 4) is 0 Å². The zero-order valence-corrected chi connectivity index (χ0v) is 16.3. The number of benzene rings is 1. The van der Waals surface area contributed by atoms with Gasteiger partial charge in [-0.15, -0.1) is 16.4 Å². The Hall–Kier alpha value is -2.54. The molecule has 1 aliphatic carbocycles. The highest BCUT2D eigenvalue weighted by molar-refractivity contribution is 7.18. The van der Waals surface area contributed by atoms with E-state index in [2.05, 4.69) is 17.2 Å². The number of carbonyl (C=O) groups is 1. The summed E-state index contributed by atoms with van der Waals surface area (Å²) in [5.74, 6) is 0.473. The maximum Gasteiger partial charge on any atom is 0.279 e. The first-order valence-corrected chi connectivity index (χ1v) is 10.0. The Bertz CT molecular complexity index is 1040. The summed E-state index contributed by atoms with van der Waals surface area (Å²) < 4.78 is 1.21. The lowest BCUT2D eigenvalue weighted by Crippen LogP contribution is -2.35. The van der Waals surface area contributed by atoms with Gasteiger partial charge in [0.25, 0.3) is 5.56 Å². The fourth-order valence-corrected chi connectivity index (χ4v) is 4.91. The molecular formula is C20H22N4O2S. The lowest BCUT2D eigenvalue weighted by molar-refractivity contribution is -0.131. The summed E-state index contributed by atoms with van der Waals surface area (Å²) >= 11 is 1.57. The Morgan fingerprint density at radius 3 is 2.89 bits per heavy atom. The van der Waals surface area contributed by atoms with Crippen LogP contribution in [0.2, 0.25) is 0 Å². The molecule has 0 bridgehead atoms. The second kappa shape index (κ2) is 7.23. The normalized spacial score (nSPS) is 16.3. The fourth-order valence-electron chi connectivity index (χ4n) is 3.59. The SMILES string of the molecule is C[C@H]1CCc2c(sc3nnn(CC(=O)N(C)Cc4ccccc4)c(=O)c23)C1. The summed E-state index contributed by atoms with van der Waals surface area (Å²) in [6.07, 6.45) is 2.98. The van der Waals surface area contributed by atoms with Crippen LogP contribution in [0.15, 0.2) is 35.1 Å². The second-order valence-electron chi connectivity index (χ2n) is 7.32. The van der Waals surface area contributed by atoms with Crippen LogP contribution in [0.3, 0.4) is 0 Å². The second-order valence-corrected chi connectivity index (χ2v) is 8.40. The Kier molecular flexibility index (Phi) is 4.78. The van der Waals surface area contributed by atoms with Crippen molar-refractivity contribution < 1.29 is 4.79 Å². The number of nitrogens with zero attached hydrogens (tertiary/aromatic N) is 4. The molecule has 0 aliphatic heterocycles. The third kappa shape index (κ3) is 3.51. The van der Waals surface area contributed by atoms with Crippen molar-refractivity contribution in [2.45, 2.75) is 39.3 Å². The minimum absolute atomic E-state index is 0.0911. The maximum atomic E-state index is 13.0. The molecule has 1 aliphatic rings. The first-order chi connectivity index (χ1) is 13.0. The highest BCUT2D eigenvalue weighted by Crippen LogP contribution is 2.35. The van der Waals surface area contributed by atoms with Crippen LogP contribution in [0.5, 0.6) is 0 Å². The molecule has 1 aromatic carbocycles. The molecule has 140 valence electrons. The smallest absolute Gasteiger partial charge is 0.279 e. The van der Waals surface area contributed by atoms with Crippen LogP contribution in [0.4, 0.5) is 0 Å². The number of fused-ring (bicyclic) bond motifs is 3. The number of carbonyl (C=O) groups excluding carboxylic acids is 1. The van der Waals surface area contributed by atoms with Gasteiger partial charge in [-0.2, -0.15) is 0 Å². The van der Waals surface area contributed by atoms with E-state index < -0.39 is 0 Å². The Labute approximate surface area is 161 Å². The summed E-state index contributed by atoms with van der Waals surface area (Å²) in [5, 5.41) is 8.91. The number of aromatic nitrogens is 3. The van der Waals surface area contributed by atoms with E-state index >= 15 is 0 Å². The van der Waals surface area contributed by atoms with Gasteiger partial charge in [0, 0.05) is 18.5 Å². The molecule has 4 rings (SSSR count). The van der Waals surface area contributed by atoms with E-state index in [1.54, 1.807) is 23.3 Å². The fraction of sp³-hybridized carbons (Fsp3) is 0.400. The molecule has 1 atom stereocenters. The maximum absolute atomic E-state index is 13.0. The minimum atomic E-state index is -0.200. The minimum Gasteiger partial charge on any atom is -0.340 e. The Morgan fingerprint density at radius 2 is 2.11 bits per heavy atom. The van der Waals surface area contributed by atoms with Crippen LogP contribution in [-0.4, -0.2) is 32.8 Å². The molecule has 0 saturated carbocycles. The van der Waals surface area contributed by atoms with Gasteiger partial charge in [-0.05, 0) is 36.3 Å². The molecule has 0 unspecified atom stereocenters. The van der Waals surface area contributed by atoms with Gasteiger partial charge in [0.05, 0.1) is 5.39 Å². The van der Waals surface area contributed by atoms with E-state index in [1.807, 2.05) is 30.3 Å². The Balaban J connectivity index is 1.58. The molecule has 6 nitrogen and oxygen atoms in total. The zero-order valence-electron chi connectivity index (χ0n) is 15.5. The molecule has 2 heterocycles. The van der Waals surface area contributed by atoms with Gasteiger partial charge in [0.15, 0.2) is 4.83 Å². The number of likely N-dealkylation sites (N-methyl/N-ethyl adjacent to an activating group) is 1. The molecule has 27 heavy (non-hydrogen) atoms. The lowest BCUT2D eigenvalue weighted by Gasteiger charge is -2.18.